The van der Waals surface area contributed by atoms with E-state index in [1.165, 1.54) is 5.01 Å². The Bertz CT molecular complexity index is 1510. The number of hydrazone groups is 1. The number of aromatic amines is 1. The first-order valence-electron chi connectivity index (χ1n) is 11.5. The Morgan fingerprint density at radius 3 is 2.57 bits per heavy atom. The lowest BCUT2D eigenvalue weighted by Crippen LogP contribution is -2.26. The molecule has 1 aliphatic heterocycles. The number of nitrogens with one attached hydrogen (secondary N) is 1. The summed E-state index contributed by atoms with van der Waals surface area (Å²) in [4.78, 5) is 29.4. The van der Waals surface area contributed by atoms with Gasteiger partial charge in [0.05, 0.1) is 24.4 Å². The maximum atomic E-state index is 13.5. The van der Waals surface area contributed by atoms with Gasteiger partial charge in [0, 0.05) is 39.9 Å². The fourth-order valence-electron chi connectivity index (χ4n) is 4.68. The van der Waals surface area contributed by atoms with Crippen molar-refractivity contribution in [3.8, 4) is 16.9 Å². The molecular formula is C28H24ClN3O3. The first-order chi connectivity index (χ1) is 17.0. The van der Waals surface area contributed by atoms with E-state index < -0.39 is 0 Å². The number of halogens is 1. The Morgan fingerprint density at radius 2 is 1.83 bits per heavy atom. The second-order valence-electron chi connectivity index (χ2n) is 8.36. The van der Waals surface area contributed by atoms with Crippen molar-refractivity contribution >= 4 is 34.1 Å². The number of para-hydroxylation sites is 1. The molecule has 0 saturated heterocycles. The molecule has 5 rings (SSSR count). The van der Waals surface area contributed by atoms with E-state index in [2.05, 4.69) is 4.98 Å². The molecule has 0 unspecified atom stereocenters. The molecule has 176 valence electrons. The van der Waals surface area contributed by atoms with Crippen LogP contribution in [-0.4, -0.2) is 28.7 Å². The maximum Gasteiger partial charge on any atom is 0.258 e. The van der Waals surface area contributed by atoms with Gasteiger partial charge >= 0.3 is 0 Å². The van der Waals surface area contributed by atoms with Crippen LogP contribution in [0.15, 0.2) is 82.7 Å². The van der Waals surface area contributed by atoms with Crippen molar-refractivity contribution in [1.29, 1.82) is 0 Å². The van der Waals surface area contributed by atoms with Gasteiger partial charge in [0.15, 0.2) is 0 Å². The molecule has 0 fully saturated rings. The summed E-state index contributed by atoms with van der Waals surface area (Å²) >= 11 is 6.36. The van der Waals surface area contributed by atoms with Crippen LogP contribution in [0.4, 0.5) is 0 Å². The van der Waals surface area contributed by atoms with Crippen molar-refractivity contribution in [3.05, 3.63) is 99.3 Å². The molecule has 1 atom stereocenters. The fraction of sp³-hybridized carbons (Fsp3) is 0.179. The molecule has 7 heteroatoms. The summed E-state index contributed by atoms with van der Waals surface area (Å²) in [7, 11) is 1.60. The van der Waals surface area contributed by atoms with Crippen LogP contribution in [0.25, 0.3) is 22.0 Å². The van der Waals surface area contributed by atoms with Crippen molar-refractivity contribution in [1.82, 2.24) is 9.99 Å². The van der Waals surface area contributed by atoms with Gasteiger partial charge < -0.3 is 9.72 Å². The van der Waals surface area contributed by atoms with Gasteiger partial charge in [-0.3, -0.25) is 9.59 Å². The van der Waals surface area contributed by atoms with Crippen LogP contribution in [0, 0.1) is 0 Å². The predicted octanol–water partition coefficient (Wildman–Crippen LogP) is 5.94. The normalized spacial score (nSPS) is 15.3. The molecule has 0 bridgehead atoms. The molecule has 6 nitrogen and oxygen atoms in total. The van der Waals surface area contributed by atoms with Crippen LogP contribution in [0.3, 0.4) is 0 Å². The third-order valence-corrected chi connectivity index (χ3v) is 6.53. The lowest BCUT2D eigenvalue weighted by molar-refractivity contribution is -0.132. The van der Waals surface area contributed by atoms with Gasteiger partial charge in [-0.2, -0.15) is 5.10 Å². The third-order valence-electron chi connectivity index (χ3n) is 6.29. The summed E-state index contributed by atoms with van der Waals surface area (Å²) in [5.74, 6) is 0.544. The molecule has 0 spiro atoms. The number of aromatic nitrogens is 1. The third kappa shape index (κ3) is 4.10. The van der Waals surface area contributed by atoms with Crippen molar-refractivity contribution in [3.63, 3.8) is 0 Å². The molecule has 1 aliphatic rings. The summed E-state index contributed by atoms with van der Waals surface area (Å²) in [6.07, 6.45) is 0.665. The summed E-state index contributed by atoms with van der Waals surface area (Å²) in [6, 6.07) is 22.3. The summed E-state index contributed by atoms with van der Waals surface area (Å²) < 4.78 is 5.58. The van der Waals surface area contributed by atoms with E-state index in [0.29, 0.717) is 34.0 Å². The monoisotopic (exact) mass is 485 g/mol. The Labute approximate surface area is 207 Å². The largest absolute Gasteiger partial charge is 0.496 e. The quantitative estimate of drug-likeness (QED) is 0.380. The highest BCUT2D eigenvalue weighted by atomic mass is 35.5. The van der Waals surface area contributed by atoms with E-state index in [1.807, 2.05) is 60.7 Å². The number of carbonyl (C=O) groups excluding carboxylic acids is 1. The topological polar surface area (TPSA) is 74.8 Å². The SMILES string of the molecule is CCC(=O)N1N=C(c2c(-c3ccccc3)c3cc(Cl)ccc3[nH]c2=O)C[C@@H]1c1ccccc1OC. The minimum Gasteiger partial charge on any atom is -0.496 e. The van der Waals surface area contributed by atoms with E-state index in [4.69, 9.17) is 21.4 Å². The van der Waals surface area contributed by atoms with Crippen molar-refractivity contribution in [2.45, 2.75) is 25.8 Å². The lowest BCUT2D eigenvalue weighted by atomic mass is 9.91. The Kier molecular flexibility index (Phi) is 6.14. The zero-order valence-corrected chi connectivity index (χ0v) is 20.2. The van der Waals surface area contributed by atoms with Crippen LogP contribution < -0.4 is 10.3 Å². The molecular weight excluding hydrogens is 462 g/mol. The molecule has 3 aromatic carbocycles. The van der Waals surface area contributed by atoms with Gasteiger partial charge in [-0.25, -0.2) is 5.01 Å². The van der Waals surface area contributed by atoms with E-state index in [1.54, 1.807) is 26.2 Å². The minimum atomic E-state index is -0.383. The zero-order chi connectivity index (χ0) is 24.5. The second-order valence-corrected chi connectivity index (χ2v) is 8.80. The first-order valence-corrected chi connectivity index (χ1v) is 11.8. The summed E-state index contributed by atoms with van der Waals surface area (Å²) in [5.41, 5.74) is 3.87. The highest BCUT2D eigenvalue weighted by molar-refractivity contribution is 6.31. The first kappa shape index (κ1) is 22.9. The molecule has 2 heterocycles. The van der Waals surface area contributed by atoms with Crippen LogP contribution in [0.1, 0.15) is 36.9 Å². The maximum absolute atomic E-state index is 13.5. The van der Waals surface area contributed by atoms with Gasteiger partial charge in [0.1, 0.15) is 5.75 Å². The number of carbonyl (C=O) groups is 1. The zero-order valence-electron chi connectivity index (χ0n) is 19.4. The second kappa shape index (κ2) is 9.39. The van der Waals surface area contributed by atoms with E-state index in [-0.39, 0.29) is 23.9 Å². The molecule has 0 aliphatic carbocycles. The number of methoxy groups -OCH3 is 1. The van der Waals surface area contributed by atoms with Gasteiger partial charge in [-0.05, 0) is 29.8 Å². The number of ether oxygens (including phenoxy) is 1. The standard InChI is InChI=1S/C28H24ClN3O3/c1-3-25(33)32-23(19-11-7-8-12-24(19)35-2)16-22(31-32)27-26(17-9-5-4-6-10-17)20-15-18(29)13-14-21(20)30-28(27)34/h4-15,23H,3,16H2,1-2H3,(H,30,34)/t23-/m1/s1. The van der Waals surface area contributed by atoms with Gasteiger partial charge in [0.25, 0.3) is 5.56 Å². The number of hydrogen-bond donors (Lipinski definition) is 1. The lowest BCUT2D eigenvalue weighted by Gasteiger charge is -2.23. The molecule has 1 N–H and O–H groups in total. The highest BCUT2D eigenvalue weighted by Gasteiger charge is 2.36. The summed E-state index contributed by atoms with van der Waals surface area (Å²) in [6.45, 7) is 1.80. The van der Waals surface area contributed by atoms with Crippen LogP contribution >= 0.6 is 11.6 Å². The molecule has 0 saturated carbocycles. The predicted molar refractivity (Wildman–Crippen MR) is 139 cm³/mol. The van der Waals surface area contributed by atoms with Gasteiger partial charge in [0.2, 0.25) is 5.91 Å². The number of rotatable bonds is 5. The number of H-pyrrole nitrogens is 1. The number of amides is 1. The molecule has 35 heavy (non-hydrogen) atoms. The number of fused-ring (bicyclic) bond motifs is 1. The van der Waals surface area contributed by atoms with Crippen molar-refractivity contribution in [2.24, 2.45) is 5.10 Å². The summed E-state index contributed by atoms with van der Waals surface area (Å²) in [5, 5.41) is 7.60. The number of hydrogen-bond acceptors (Lipinski definition) is 4. The Hall–Kier alpha value is -3.90. The molecule has 4 aromatic rings. The number of nitrogens with zero attached hydrogens (tertiary/aromatic N) is 2. The van der Waals surface area contributed by atoms with Crippen molar-refractivity contribution < 1.29 is 9.53 Å². The van der Waals surface area contributed by atoms with Crippen LogP contribution in [0.5, 0.6) is 5.75 Å². The van der Waals surface area contributed by atoms with Crippen LogP contribution in [-0.2, 0) is 4.79 Å². The number of benzene rings is 3. The van der Waals surface area contributed by atoms with Gasteiger partial charge in [-0.1, -0.05) is 67.1 Å². The van der Waals surface area contributed by atoms with E-state index >= 15 is 0 Å². The molecule has 1 amide bonds. The fourth-order valence-corrected chi connectivity index (χ4v) is 4.85. The van der Waals surface area contributed by atoms with Crippen molar-refractivity contribution in [2.75, 3.05) is 7.11 Å². The van der Waals surface area contributed by atoms with E-state index in [0.717, 1.165) is 22.1 Å². The highest BCUT2D eigenvalue weighted by Crippen LogP contribution is 2.40. The Balaban J connectivity index is 1.75. The minimum absolute atomic E-state index is 0.127. The molecule has 0 radical (unpaired) electrons. The van der Waals surface area contributed by atoms with Crippen LogP contribution in [0.2, 0.25) is 5.02 Å². The average molecular weight is 486 g/mol. The average Bonchev–Trinajstić information content (AvgIpc) is 3.33. The molecule has 1 aromatic heterocycles. The smallest absolute Gasteiger partial charge is 0.258 e. The van der Waals surface area contributed by atoms with Gasteiger partial charge in [-0.15, -0.1) is 0 Å². The Morgan fingerprint density at radius 1 is 1.09 bits per heavy atom. The van der Waals surface area contributed by atoms with E-state index in [9.17, 15) is 9.59 Å². The number of pyridine rings is 1.